The lowest BCUT2D eigenvalue weighted by Gasteiger charge is -2.15. The largest absolute Gasteiger partial charge is 0.493 e. The van der Waals surface area contributed by atoms with Crippen molar-refractivity contribution in [2.45, 2.75) is 13.5 Å². The van der Waals surface area contributed by atoms with Gasteiger partial charge in [0.2, 0.25) is 0 Å². The molecule has 198 valence electrons. The predicted octanol–water partition coefficient (Wildman–Crippen LogP) is 5.61. The van der Waals surface area contributed by atoms with E-state index in [9.17, 15) is 18.8 Å². The van der Waals surface area contributed by atoms with E-state index in [0.29, 0.717) is 0 Å². The average molecular weight is 560 g/mol. The number of anilines is 2. The highest BCUT2D eigenvalue weighted by Gasteiger charge is 2.26. The van der Waals surface area contributed by atoms with E-state index in [4.69, 9.17) is 14.2 Å². The Morgan fingerprint density at radius 3 is 2.45 bits per heavy atom. The van der Waals surface area contributed by atoms with Gasteiger partial charge in [0.25, 0.3) is 0 Å². The number of thiazole rings is 1. The maximum Gasteiger partial charge on any atom is 0.349 e. The molecule has 4 rings (SSSR count). The first kappa shape index (κ1) is 26.8. The minimum Gasteiger partial charge on any atom is -0.493 e. The van der Waals surface area contributed by atoms with Crippen LogP contribution in [0.4, 0.5) is 20.6 Å². The minimum atomic E-state index is -0.873. The van der Waals surface area contributed by atoms with Crippen LogP contribution in [0.1, 0.15) is 30.6 Å². The molecule has 0 saturated carbocycles. The first-order valence-electron chi connectivity index (χ1n) is 11.0. The summed E-state index contributed by atoms with van der Waals surface area (Å²) in [5, 5.41) is 7.11. The molecule has 2 N–H and O–H groups in total. The van der Waals surface area contributed by atoms with E-state index in [1.165, 1.54) is 18.6 Å². The molecule has 2 heterocycles. The third-order valence-electron chi connectivity index (χ3n) is 5.29. The highest BCUT2D eigenvalue weighted by atomic mass is 32.1. The van der Waals surface area contributed by atoms with Gasteiger partial charge in [-0.3, -0.25) is 0 Å². The number of esters is 2. The van der Waals surface area contributed by atoms with Crippen molar-refractivity contribution in [3.05, 3.63) is 62.5 Å². The van der Waals surface area contributed by atoms with E-state index in [1.54, 1.807) is 11.3 Å². The Kier molecular flexibility index (Phi) is 8.08. The lowest BCUT2D eigenvalue weighted by Crippen LogP contribution is -2.22. The fourth-order valence-corrected chi connectivity index (χ4v) is 5.34. The van der Waals surface area contributed by atoms with Crippen LogP contribution in [-0.2, 0) is 16.1 Å². The zero-order valence-electron chi connectivity index (χ0n) is 20.7. The molecule has 38 heavy (non-hydrogen) atoms. The van der Waals surface area contributed by atoms with Crippen LogP contribution in [0.15, 0.2) is 35.7 Å². The molecule has 0 unspecified atom stereocenters. The van der Waals surface area contributed by atoms with Crippen molar-refractivity contribution in [3.8, 4) is 11.5 Å². The van der Waals surface area contributed by atoms with Gasteiger partial charge in [-0.05, 0) is 13.0 Å². The molecule has 0 radical (unpaired) electrons. The van der Waals surface area contributed by atoms with Crippen molar-refractivity contribution < 1.29 is 37.7 Å². The Bertz CT molecular complexity index is 1530. The zero-order valence-corrected chi connectivity index (χ0v) is 22.3. The molecule has 0 bridgehead atoms. The summed E-state index contributed by atoms with van der Waals surface area (Å²) in [6.45, 7) is 2.05. The van der Waals surface area contributed by atoms with Gasteiger partial charge in [-0.25, -0.2) is 23.8 Å². The number of hydrogen-bond donors (Lipinski definition) is 2. The molecule has 10 nitrogen and oxygen atoms in total. The second-order valence-corrected chi connectivity index (χ2v) is 9.80. The number of halogens is 1. The Hall–Kier alpha value is -4.23. The number of carbonyl (C=O) groups excluding carboxylic acids is 3. The number of nitrogens with zero attached hydrogens (tertiary/aromatic N) is 1. The fourth-order valence-electron chi connectivity index (χ4n) is 3.57. The summed E-state index contributed by atoms with van der Waals surface area (Å²) < 4.78 is 36.4. The first-order chi connectivity index (χ1) is 18.2. The Morgan fingerprint density at radius 2 is 1.74 bits per heavy atom. The second kappa shape index (κ2) is 11.4. The number of rotatable bonds is 8. The van der Waals surface area contributed by atoms with Crippen molar-refractivity contribution in [1.82, 2.24) is 4.98 Å². The van der Waals surface area contributed by atoms with Crippen LogP contribution in [0.2, 0.25) is 0 Å². The first-order valence-corrected chi connectivity index (χ1v) is 12.7. The summed E-state index contributed by atoms with van der Waals surface area (Å²) >= 11 is 2.45. The number of benzene rings is 2. The van der Waals surface area contributed by atoms with Crippen molar-refractivity contribution in [2.24, 2.45) is 0 Å². The summed E-state index contributed by atoms with van der Waals surface area (Å²) in [6, 6.07) is 7.24. The number of urea groups is 1. The van der Waals surface area contributed by atoms with Crippen LogP contribution in [0.25, 0.3) is 10.2 Å². The summed E-state index contributed by atoms with van der Waals surface area (Å²) in [5.74, 6) is -2.08. The van der Waals surface area contributed by atoms with Crippen LogP contribution in [0, 0.1) is 12.7 Å². The number of aromatic nitrogens is 1. The topological polar surface area (TPSA) is 125 Å². The fraction of sp³-hybridized carbons (Fsp3) is 0.200. The van der Waals surface area contributed by atoms with E-state index in [0.717, 1.165) is 52.4 Å². The predicted molar refractivity (Wildman–Crippen MR) is 141 cm³/mol. The number of fused-ring (bicyclic) bond motifs is 1. The molecule has 4 aromatic rings. The molecule has 2 aromatic carbocycles. The SMILES string of the molecule is COC(=O)c1scc(NC(=O)Nc2cc(OCc3cccc4sc(C)nc34)c(OC)cc2F)c1C(=O)OC. The molecule has 0 aliphatic heterocycles. The van der Waals surface area contributed by atoms with Gasteiger partial charge in [0, 0.05) is 23.1 Å². The van der Waals surface area contributed by atoms with Gasteiger partial charge in [-0.2, -0.15) is 0 Å². The number of thiophene rings is 1. The van der Waals surface area contributed by atoms with E-state index in [1.807, 2.05) is 25.1 Å². The van der Waals surface area contributed by atoms with Gasteiger partial charge in [0.15, 0.2) is 17.3 Å². The van der Waals surface area contributed by atoms with E-state index < -0.39 is 23.8 Å². The monoisotopic (exact) mass is 559 g/mol. The average Bonchev–Trinajstić information content (AvgIpc) is 3.50. The van der Waals surface area contributed by atoms with Crippen molar-refractivity contribution in [1.29, 1.82) is 0 Å². The van der Waals surface area contributed by atoms with Gasteiger partial charge in [0.05, 0.1) is 47.9 Å². The maximum absolute atomic E-state index is 14.8. The summed E-state index contributed by atoms with van der Waals surface area (Å²) in [6.07, 6.45) is 0. The number of ether oxygens (including phenoxy) is 4. The van der Waals surface area contributed by atoms with Gasteiger partial charge in [-0.15, -0.1) is 22.7 Å². The summed E-state index contributed by atoms with van der Waals surface area (Å²) in [5.41, 5.74) is 1.27. The zero-order chi connectivity index (χ0) is 27.4. The van der Waals surface area contributed by atoms with E-state index in [-0.39, 0.29) is 39.9 Å². The smallest absolute Gasteiger partial charge is 0.349 e. The third-order valence-corrected chi connectivity index (χ3v) is 7.19. The molecular formula is C25H22FN3O7S2. The van der Waals surface area contributed by atoms with E-state index in [2.05, 4.69) is 20.4 Å². The molecule has 0 spiro atoms. The normalized spacial score (nSPS) is 10.7. The number of hydrogen-bond acceptors (Lipinski definition) is 10. The maximum atomic E-state index is 14.8. The highest BCUT2D eigenvalue weighted by molar-refractivity contribution is 7.18. The molecule has 0 saturated heterocycles. The number of para-hydroxylation sites is 1. The number of carbonyl (C=O) groups is 3. The van der Waals surface area contributed by atoms with Gasteiger partial charge in [0.1, 0.15) is 17.0 Å². The van der Waals surface area contributed by atoms with Crippen LogP contribution in [0.3, 0.4) is 0 Å². The standard InChI is InChI=1S/C25H22FN3O7S2/c1-12-27-21-13(6-5-7-19(21)38-12)10-36-18-9-15(14(26)8-17(18)33-2)28-25(32)29-16-11-37-22(24(31)35-4)20(16)23(30)34-3/h5-9,11H,10H2,1-4H3,(H2,28,29,32). The summed E-state index contributed by atoms with van der Waals surface area (Å²) in [4.78, 5) is 41.4. The number of aryl methyl sites for hydroxylation is 1. The number of methoxy groups -OCH3 is 3. The minimum absolute atomic E-state index is 0.00297. The van der Waals surface area contributed by atoms with Crippen LogP contribution in [0.5, 0.6) is 11.5 Å². The lowest BCUT2D eigenvalue weighted by atomic mass is 10.2. The van der Waals surface area contributed by atoms with Gasteiger partial charge in [-0.1, -0.05) is 12.1 Å². The molecule has 0 aliphatic carbocycles. The molecule has 0 fully saturated rings. The van der Waals surface area contributed by atoms with Crippen molar-refractivity contribution in [3.63, 3.8) is 0 Å². The molecule has 13 heteroatoms. The van der Waals surface area contributed by atoms with Gasteiger partial charge < -0.3 is 29.6 Å². The Morgan fingerprint density at radius 1 is 1.00 bits per heavy atom. The summed E-state index contributed by atoms with van der Waals surface area (Å²) in [7, 11) is 3.67. The quantitative estimate of drug-likeness (QED) is 0.267. The number of nitrogens with one attached hydrogen (secondary N) is 2. The Balaban J connectivity index is 1.55. The Labute approximate surface area is 224 Å². The van der Waals surface area contributed by atoms with Crippen molar-refractivity contribution >= 4 is 62.2 Å². The lowest BCUT2D eigenvalue weighted by molar-refractivity contribution is 0.0561. The third kappa shape index (κ3) is 5.53. The van der Waals surface area contributed by atoms with E-state index >= 15 is 0 Å². The molecule has 2 amide bonds. The number of amides is 2. The second-order valence-electron chi connectivity index (χ2n) is 7.68. The highest BCUT2D eigenvalue weighted by Crippen LogP contribution is 2.35. The van der Waals surface area contributed by atoms with Crippen LogP contribution < -0.4 is 20.1 Å². The molecule has 2 aromatic heterocycles. The van der Waals surface area contributed by atoms with Gasteiger partial charge >= 0.3 is 18.0 Å². The molecule has 0 aliphatic rings. The van der Waals surface area contributed by atoms with Crippen LogP contribution in [-0.4, -0.2) is 44.3 Å². The van der Waals surface area contributed by atoms with Crippen molar-refractivity contribution in [2.75, 3.05) is 32.0 Å². The van der Waals surface area contributed by atoms with Crippen LogP contribution >= 0.6 is 22.7 Å². The molecular weight excluding hydrogens is 537 g/mol. The molecule has 0 atom stereocenters.